The number of nitrogens with one attached hydrogen (secondary N) is 1. The van der Waals surface area contributed by atoms with E-state index in [0.29, 0.717) is 11.8 Å². The first-order valence-corrected chi connectivity index (χ1v) is 8.24. The lowest BCUT2D eigenvalue weighted by Crippen LogP contribution is -2.21. The predicted octanol–water partition coefficient (Wildman–Crippen LogP) is 3.85. The largest absolute Gasteiger partial charge is 0.367 e. The van der Waals surface area contributed by atoms with E-state index in [9.17, 15) is 0 Å². The normalized spacial score (nSPS) is 12.7. The molecule has 2 rings (SSSR count). The molecular formula is C16H27N5. The van der Waals surface area contributed by atoms with Crippen molar-refractivity contribution in [2.45, 2.75) is 71.8 Å². The fourth-order valence-electron chi connectivity index (χ4n) is 2.58. The van der Waals surface area contributed by atoms with Crippen LogP contribution in [0.1, 0.15) is 65.0 Å². The summed E-state index contributed by atoms with van der Waals surface area (Å²) in [7, 11) is 0. The van der Waals surface area contributed by atoms with Crippen LogP contribution in [0.2, 0.25) is 0 Å². The molecule has 0 amide bonds. The first-order chi connectivity index (χ1) is 10.3. The first kappa shape index (κ1) is 15.7. The van der Waals surface area contributed by atoms with E-state index in [1.807, 2.05) is 4.52 Å². The zero-order chi connectivity index (χ0) is 15.1. The summed E-state index contributed by atoms with van der Waals surface area (Å²) in [6, 6.07) is 2.61. The molecule has 0 aliphatic heterocycles. The Morgan fingerprint density at radius 3 is 2.76 bits per heavy atom. The van der Waals surface area contributed by atoms with Crippen LogP contribution in [0.5, 0.6) is 0 Å². The van der Waals surface area contributed by atoms with Crippen molar-refractivity contribution in [2.75, 3.05) is 5.32 Å². The zero-order valence-electron chi connectivity index (χ0n) is 13.5. The van der Waals surface area contributed by atoms with Crippen molar-refractivity contribution in [2.24, 2.45) is 0 Å². The molecule has 116 valence electrons. The van der Waals surface area contributed by atoms with Gasteiger partial charge in [-0.2, -0.15) is 14.6 Å². The Morgan fingerprint density at radius 1 is 1.19 bits per heavy atom. The van der Waals surface area contributed by atoms with Crippen LogP contribution in [0.25, 0.3) is 5.78 Å². The van der Waals surface area contributed by atoms with E-state index in [1.165, 1.54) is 25.7 Å². The highest BCUT2D eigenvalue weighted by Crippen LogP contribution is 2.16. The van der Waals surface area contributed by atoms with Crippen molar-refractivity contribution >= 4 is 11.6 Å². The lowest BCUT2D eigenvalue weighted by molar-refractivity contribution is 0.571. The number of aryl methyl sites for hydroxylation is 1. The maximum atomic E-state index is 4.54. The number of hydrogen-bond acceptors (Lipinski definition) is 4. The SMILES string of the molecule is CCCCCC(CC)Nc1cc(CCC)nc2ncnn12. The molecule has 2 heterocycles. The monoisotopic (exact) mass is 289 g/mol. The van der Waals surface area contributed by atoms with Gasteiger partial charge in [-0.1, -0.05) is 46.5 Å². The molecule has 0 aliphatic rings. The minimum absolute atomic E-state index is 0.487. The molecule has 0 fully saturated rings. The van der Waals surface area contributed by atoms with Crippen molar-refractivity contribution < 1.29 is 0 Å². The summed E-state index contributed by atoms with van der Waals surface area (Å²) in [6.45, 7) is 6.64. The predicted molar refractivity (Wildman–Crippen MR) is 86.6 cm³/mol. The zero-order valence-corrected chi connectivity index (χ0v) is 13.5. The summed E-state index contributed by atoms with van der Waals surface area (Å²) in [4.78, 5) is 8.78. The summed E-state index contributed by atoms with van der Waals surface area (Å²) in [6.07, 6.45) is 9.79. The average molecular weight is 289 g/mol. The number of hydrogen-bond donors (Lipinski definition) is 1. The van der Waals surface area contributed by atoms with Crippen molar-refractivity contribution in [1.29, 1.82) is 0 Å². The second kappa shape index (κ2) is 7.96. The summed E-state index contributed by atoms with van der Waals surface area (Å²) in [5.41, 5.74) is 1.09. The van der Waals surface area contributed by atoms with Crippen LogP contribution in [-0.2, 0) is 6.42 Å². The van der Waals surface area contributed by atoms with Gasteiger partial charge < -0.3 is 5.32 Å². The Kier molecular flexibility index (Phi) is 5.96. The molecule has 0 spiro atoms. The van der Waals surface area contributed by atoms with Crippen LogP contribution in [0.3, 0.4) is 0 Å². The van der Waals surface area contributed by atoms with Gasteiger partial charge in [0.05, 0.1) is 0 Å². The highest BCUT2D eigenvalue weighted by molar-refractivity contribution is 5.45. The van der Waals surface area contributed by atoms with E-state index < -0.39 is 0 Å². The maximum absolute atomic E-state index is 4.54. The molecule has 0 aliphatic carbocycles. The Labute approximate surface area is 127 Å². The Balaban J connectivity index is 2.16. The Morgan fingerprint density at radius 2 is 2.05 bits per heavy atom. The van der Waals surface area contributed by atoms with Crippen molar-refractivity contribution in [3.63, 3.8) is 0 Å². The smallest absolute Gasteiger partial charge is 0.254 e. The van der Waals surface area contributed by atoms with Crippen LogP contribution >= 0.6 is 0 Å². The van der Waals surface area contributed by atoms with Gasteiger partial charge >= 0.3 is 0 Å². The molecule has 0 radical (unpaired) electrons. The summed E-state index contributed by atoms with van der Waals surface area (Å²) in [5.74, 6) is 1.70. The molecule has 1 atom stereocenters. The number of rotatable bonds is 9. The van der Waals surface area contributed by atoms with Crippen LogP contribution < -0.4 is 5.32 Å². The second-order valence-electron chi connectivity index (χ2n) is 5.60. The highest BCUT2D eigenvalue weighted by atomic mass is 15.4. The van der Waals surface area contributed by atoms with Crippen LogP contribution in [0.4, 0.5) is 5.82 Å². The fourth-order valence-corrected chi connectivity index (χ4v) is 2.58. The van der Waals surface area contributed by atoms with Crippen LogP contribution in [-0.4, -0.2) is 25.6 Å². The number of anilines is 1. The maximum Gasteiger partial charge on any atom is 0.254 e. The van der Waals surface area contributed by atoms with Gasteiger partial charge in [0.15, 0.2) is 0 Å². The Hall–Kier alpha value is -1.65. The minimum atomic E-state index is 0.487. The van der Waals surface area contributed by atoms with E-state index >= 15 is 0 Å². The molecule has 5 heteroatoms. The van der Waals surface area contributed by atoms with Crippen LogP contribution in [0, 0.1) is 0 Å². The standard InChI is InChI=1S/C16H27N5/c1-4-7-8-10-13(6-3)19-15-11-14(9-5-2)20-16-17-12-18-21(15)16/h11-13,19H,4-10H2,1-3H3. The van der Waals surface area contributed by atoms with E-state index in [1.54, 1.807) is 6.33 Å². The average Bonchev–Trinajstić information content (AvgIpc) is 2.95. The van der Waals surface area contributed by atoms with Gasteiger partial charge in [0.25, 0.3) is 5.78 Å². The molecule has 0 saturated carbocycles. The summed E-state index contributed by atoms with van der Waals surface area (Å²) in [5, 5.41) is 7.92. The summed E-state index contributed by atoms with van der Waals surface area (Å²) < 4.78 is 1.81. The Bertz CT molecular complexity index is 549. The number of aromatic nitrogens is 4. The molecule has 0 saturated heterocycles. The van der Waals surface area contributed by atoms with Crippen LogP contribution in [0.15, 0.2) is 12.4 Å². The molecule has 2 aromatic rings. The molecule has 1 unspecified atom stereocenters. The number of unbranched alkanes of at least 4 members (excludes halogenated alkanes) is 2. The highest BCUT2D eigenvalue weighted by Gasteiger charge is 2.11. The van der Waals surface area contributed by atoms with Gasteiger partial charge in [0.1, 0.15) is 12.1 Å². The number of nitrogens with zero attached hydrogens (tertiary/aromatic N) is 4. The van der Waals surface area contributed by atoms with Crippen molar-refractivity contribution in [1.82, 2.24) is 19.6 Å². The topological polar surface area (TPSA) is 55.1 Å². The van der Waals surface area contributed by atoms with Crippen molar-refractivity contribution in [3.05, 3.63) is 18.1 Å². The fraction of sp³-hybridized carbons (Fsp3) is 0.688. The van der Waals surface area contributed by atoms with E-state index in [2.05, 4.69) is 47.2 Å². The van der Waals surface area contributed by atoms with E-state index in [-0.39, 0.29) is 0 Å². The molecule has 2 aromatic heterocycles. The quantitative estimate of drug-likeness (QED) is 0.712. The first-order valence-electron chi connectivity index (χ1n) is 8.24. The number of fused-ring (bicyclic) bond motifs is 1. The lowest BCUT2D eigenvalue weighted by Gasteiger charge is -2.19. The van der Waals surface area contributed by atoms with Gasteiger partial charge in [0, 0.05) is 17.8 Å². The lowest BCUT2D eigenvalue weighted by atomic mass is 10.1. The van der Waals surface area contributed by atoms with Crippen molar-refractivity contribution in [3.8, 4) is 0 Å². The molecule has 0 bridgehead atoms. The molecular weight excluding hydrogens is 262 g/mol. The third-order valence-electron chi connectivity index (χ3n) is 3.81. The van der Waals surface area contributed by atoms with Gasteiger partial charge in [-0.25, -0.2) is 4.98 Å². The third kappa shape index (κ3) is 4.16. The molecule has 5 nitrogen and oxygen atoms in total. The van der Waals surface area contributed by atoms with E-state index in [0.717, 1.165) is 30.8 Å². The van der Waals surface area contributed by atoms with Gasteiger partial charge in [-0.3, -0.25) is 0 Å². The van der Waals surface area contributed by atoms with Gasteiger partial charge in [-0.05, 0) is 19.3 Å². The van der Waals surface area contributed by atoms with Gasteiger partial charge in [0.2, 0.25) is 0 Å². The van der Waals surface area contributed by atoms with Gasteiger partial charge in [-0.15, -0.1) is 0 Å². The molecule has 1 N–H and O–H groups in total. The second-order valence-corrected chi connectivity index (χ2v) is 5.60. The molecule has 0 aromatic carbocycles. The summed E-state index contributed by atoms with van der Waals surface area (Å²) >= 11 is 0. The third-order valence-corrected chi connectivity index (χ3v) is 3.81. The van der Waals surface area contributed by atoms with E-state index in [4.69, 9.17) is 0 Å². The minimum Gasteiger partial charge on any atom is -0.367 e. The molecule has 21 heavy (non-hydrogen) atoms.